The summed E-state index contributed by atoms with van der Waals surface area (Å²) in [7, 11) is 0. The molecule has 3 aliphatic rings. The van der Waals surface area contributed by atoms with Crippen molar-refractivity contribution in [2.75, 3.05) is 6.61 Å². The summed E-state index contributed by atoms with van der Waals surface area (Å²) >= 11 is 0. The van der Waals surface area contributed by atoms with Crippen LogP contribution in [0.3, 0.4) is 0 Å². The Morgan fingerprint density at radius 3 is 2.94 bits per heavy atom. The van der Waals surface area contributed by atoms with Crippen LogP contribution in [-0.4, -0.2) is 55.7 Å². The first-order valence-electron chi connectivity index (χ1n) is 11.0. The highest BCUT2D eigenvalue weighted by atomic mass is 16.5. The van der Waals surface area contributed by atoms with Gasteiger partial charge in [-0.2, -0.15) is 0 Å². The maximum atomic E-state index is 13.0. The van der Waals surface area contributed by atoms with Gasteiger partial charge in [-0.1, -0.05) is 30.4 Å². The largest absolute Gasteiger partial charge is 0.456 e. The zero-order valence-corrected chi connectivity index (χ0v) is 18.0. The molecule has 0 unspecified atom stereocenters. The fourth-order valence-electron chi connectivity index (χ4n) is 4.61. The molecule has 0 radical (unpaired) electrons. The number of hydrogen-bond donors (Lipinski definition) is 1. The van der Waals surface area contributed by atoms with Gasteiger partial charge >= 0.3 is 5.97 Å². The third kappa shape index (κ3) is 4.08. The standard InChI is InChI=1S/C23H26N6O3/c1-15-4-2-3-5-18(7-9-21(30)29(15)19-11-22(31)32-14-19)24-12-16-6-8-20-17(10-16)13-28-23(20)25-26-27-28/h2-3,6,8,10-11,15,18,24H,4-5,7,9,12-14H2,1H3/t15-,18+/m0/s1. The summed E-state index contributed by atoms with van der Waals surface area (Å²) < 4.78 is 6.84. The number of benzene rings is 1. The number of ether oxygens (including phenoxy) is 1. The molecule has 3 aliphatic heterocycles. The molecule has 0 bridgehead atoms. The maximum Gasteiger partial charge on any atom is 0.333 e. The van der Waals surface area contributed by atoms with E-state index in [9.17, 15) is 9.59 Å². The van der Waals surface area contributed by atoms with Crippen molar-refractivity contribution < 1.29 is 14.3 Å². The minimum atomic E-state index is -0.378. The number of fused-ring (bicyclic) bond motifs is 3. The van der Waals surface area contributed by atoms with Gasteiger partial charge in [0, 0.05) is 36.7 Å². The van der Waals surface area contributed by atoms with Crippen molar-refractivity contribution in [3.05, 3.63) is 53.3 Å². The minimum Gasteiger partial charge on any atom is -0.456 e. The third-order valence-electron chi connectivity index (χ3n) is 6.29. The average molecular weight is 435 g/mol. The van der Waals surface area contributed by atoms with E-state index in [4.69, 9.17) is 4.74 Å². The van der Waals surface area contributed by atoms with Gasteiger partial charge in [-0.25, -0.2) is 9.48 Å². The van der Waals surface area contributed by atoms with E-state index in [1.165, 1.54) is 17.2 Å². The van der Waals surface area contributed by atoms with Crippen LogP contribution in [-0.2, 0) is 27.4 Å². The van der Waals surface area contributed by atoms with Crippen molar-refractivity contribution in [1.82, 2.24) is 30.4 Å². The molecule has 4 heterocycles. The van der Waals surface area contributed by atoms with E-state index in [-0.39, 0.29) is 30.6 Å². The number of esters is 1. The van der Waals surface area contributed by atoms with Gasteiger partial charge in [0.05, 0.1) is 12.2 Å². The Hall–Kier alpha value is -3.33. The summed E-state index contributed by atoms with van der Waals surface area (Å²) in [6.07, 6.45) is 8.52. The second kappa shape index (κ2) is 8.66. The summed E-state index contributed by atoms with van der Waals surface area (Å²) in [4.78, 5) is 26.3. The van der Waals surface area contributed by atoms with Gasteiger partial charge in [-0.3, -0.25) is 4.79 Å². The number of carbonyl (C=O) groups is 2. The summed E-state index contributed by atoms with van der Waals surface area (Å²) in [6, 6.07) is 6.55. The van der Waals surface area contributed by atoms with Gasteiger partial charge in [0.1, 0.15) is 6.61 Å². The zero-order valence-electron chi connectivity index (χ0n) is 18.0. The topological polar surface area (TPSA) is 102 Å². The quantitative estimate of drug-likeness (QED) is 0.495. The molecule has 5 rings (SSSR count). The highest BCUT2D eigenvalue weighted by Crippen LogP contribution is 2.29. The molecule has 2 atom stereocenters. The Morgan fingerprint density at radius 2 is 2.09 bits per heavy atom. The molecule has 0 saturated heterocycles. The number of hydrogen-bond acceptors (Lipinski definition) is 7. The lowest BCUT2D eigenvalue weighted by atomic mass is 10.0. The number of aromatic nitrogens is 4. The van der Waals surface area contributed by atoms with Gasteiger partial charge < -0.3 is 15.0 Å². The second-order valence-electron chi connectivity index (χ2n) is 8.57. The second-order valence-corrected chi connectivity index (χ2v) is 8.57. The molecule has 1 N–H and O–H groups in total. The number of amides is 1. The fraction of sp³-hybridized carbons (Fsp3) is 0.435. The van der Waals surface area contributed by atoms with Crippen LogP contribution in [0.2, 0.25) is 0 Å². The Morgan fingerprint density at radius 1 is 1.22 bits per heavy atom. The molecule has 1 aromatic carbocycles. The SMILES string of the molecule is C[C@H]1CC=CC[C@@H](NCc2ccc3c(c2)Cn2nnnc2-3)CCC(=O)N1C1=CC(=O)OC1. The molecule has 1 amide bonds. The monoisotopic (exact) mass is 434 g/mol. The Kier molecular flexibility index (Phi) is 5.57. The predicted molar refractivity (Wildman–Crippen MR) is 116 cm³/mol. The third-order valence-corrected chi connectivity index (χ3v) is 6.29. The van der Waals surface area contributed by atoms with E-state index >= 15 is 0 Å². The van der Waals surface area contributed by atoms with Crippen LogP contribution in [0, 0.1) is 0 Å². The van der Waals surface area contributed by atoms with Crippen LogP contribution in [0.4, 0.5) is 0 Å². The normalized spacial score (nSPS) is 23.0. The lowest BCUT2D eigenvalue weighted by Gasteiger charge is -2.30. The number of nitrogens with zero attached hydrogens (tertiary/aromatic N) is 5. The van der Waals surface area contributed by atoms with Crippen LogP contribution in [0.15, 0.2) is 42.1 Å². The van der Waals surface area contributed by atoms with E-state index in [2.05, 4.69) is 51.2 Å². The Balaban J connectivity index is 1.23. The van der Waals surface area contributed by atoms with Gasteiger partial charge in [0.15, 0.2) is 5.82 Å². The molecule has 9 heteroatoms. The van der Waals surface area contributed by atoms with Crippen LogP contribution < -0.4 is 5.32 Å². The predicted octanol–water partition coefficient (Wildman–Crippen LogP) is 1.95. The van der Waals surface area contributed by atoms with E-state index in [0.29, 0.717) is 18.7 Å². The van der Waals surface area contributed by atoms with E-state index in [1.807, 2.05) is 11.6 Å². The number of carbonyl (C=O) groups excluding carboxylic acids is 2. The number of tetrazole rings is 1. The molecule has 1 aromatic heterocycles. The van der Waals surface area contributed by atoms with Crippen molar-refractivity contribution in [3.63, 3.8) is 0 Å². The zero-order chi connectivity index (χ0) is 22.1. The first kappa shape index (κ1) is 20.6. The van der Waals surface area contributed by atoms with Crippen LogP contribution in [0.25, 0.3) is 11.4 Å². The van der Waals surface area contributed by atoms with E-state index in [0.717, 1.165) is 37.2 Å². The van der Waals surface area contributed by atoms with Crippen LogP contribution in [0.1, 0.15) is 43.7 Å². The lowest BCUT2D eigenvalue weighted by molar-refractivity contribution is -0.136. The molecule has 0 spiro atoms. The van der Waals surface area contributed by atoms with Crippen molar-refractivity contribution in [1.29, 1.82) is 0 Å². The van der Waals surface area contributed by atoms with Gasteiger partial charge in [0.2, 0.25) is 5.91 Å². The first-order chi connectivity index (χ1) is 15.6. The van der Waals surface area contributed by atoms with Crippen molar-refractivity contribution in [2.45, 2.75) is 57.8 Å². The summed E-state index contributed by atoms with van der Waals surface area (Å²) in [6.45, 7) is 3.60. The van der Waals surface area contributed by atoms with Gasteiger partial charge in [-0.05, 0) is 47.7 Å². The summed E-state index contributed by atoms with van der Waals surface area (Å²) in [5.74, 6) is 0.480. The molecule has 166 valence electrons. The van der Waals surface area contributed by atoms with E-state index in [1.54, 1.807) is 4.90 Å². The molecule has 0 fully saturated rings. The highest BCUT2D eigenvalue weighted by molar-refractivity contribution is 5.87. The molecule has 0 saturated carbocycles. The molecular formula is C23H26N6O3. The summed E-state index contributed by atoms with van der Waals surface area (Å²) in [5, 5.41) is 15.4. The molecule has 2 aromatic rings. The van der Waals surface area contributed by atoms with E-state index < -0.39 is 0 Å². The van der Waals surface area contributed by atoms with Crippen molar-refractivity contribution in [3.8, 4) is 11.4 Å². The smallest absolute Gasteiger partial charge is 0.333 e. The molecule has 32 heavy (non-hydrogen) atoms. The van der Waals surface area contributed by atoms with Crippen molar-refractivity contribution in [2.24, 2.45) is 0 Å². The molecule has 9 nitrogen and oxygen atoms in total. The highest BCUT2D eigenvalue weighted by Gasteiger charge is 2.28. The van der Waals surface area contributed by atoms with Crippen LogP contribution in [0.5, 0.6) is 0 Å². The van der Waals surface area contributed by atoms with Crippen molar-refractivity contribution >= 4 is 11.9 Å². The molecule has 0 aliphatic carbocycles. The van der Waals surface area contributed by atoms with Crippen LogP contribution >= 0.6 is 0 Å². The number of rotatable bonds is 4. The Labute approximate surface area is 186 Å². The molecular weight excluding hydrogens is 408 g/mol. The summed E-state index contributed by atoms with van der Waals surface area (Å²) in [5.41, 5.74) is 4.14. The van der Waals surface area contributed by atoms with Gasteiger partial charge in [-0.15, -0.1) is 5.10 Å². The minimum absolute atomic E-state index is 0.00482. The maximum absolute atomic E-state index is 13.0. The fourth-order valence-corrected chi connectivity index (χ4v) is 4.61. The van der Waals surface area contributed by atoms with Gasteiger partial charge in [0.25, 0.3) is 0 Å². The number of cyclic esters (lactones) is 1. The number of nitrogens with one attached hydrogen (secondary N) is 1. The first-order valence-corrected chi connectivity index (χ1v) is 11.0. The average Bonchev–Trinajstić information content (AvgIpc) is 3.48. The Bertz CT molecular complexity index is 1100. The lowest BCUT2D eigenvalue weighted by Crippen LogP contribution is -2.40.